The normalized spacial score (nSPS) is 29.3. The molecule has 2 rings (SSSR count). The van der Waals surface area contributed by atoms with Gasteiger partial charge in [0.05, 0.1) is 20.0 Å². The van der Waals surface area contributed by atoms with E-state index >= 15 is 0 Å². The van der Waals surface area contributed by atoms with E-state index in [0.717, 1.165) is 6.20 Å². The van der Waals surface area contributed by atoms with Gasteiger partial charge in [0.25, 0.3) is 21.2 Å². The first-order valence-corrected chi connectivity index (χ1v) is 11.5. The fourth-order valence-electron chi connectivity index (χ4n) is 2.22. The highest BCUT2D eigenvalue weighted by Crippen LogP contribution is 2.60. The summed E-state index contributed by atoms with van der Waals surface area (Å²) in [6.07, 6.45) is -5.94. The van der Waals surface area contributed by atoms with Crippen LogP contribution >= 0.6 is 23.5 Å². The van der Waals surface area contributed by atoms with Crippen LogP contribution in [-0.2, 0) is 31.6 Å². The summed E-state index contributed by atoms with van der Waals surface area (Å²) < 4.78 is 48.3. The van der Waals surface area contributed by atoms with Crippen molar-refractivity contribution < 1.29 is 61.4 Å². The highest BCUT2D eigenvalue weighted by molar-refractivity contribution is 7.64. The second kappa shape index (κ2) is 8.61. The molecular formula is C9H11N2O15P3-4. The van der Waals surface area contributed by atoms with Crippen molar-refractivity contribution in [2.24, 2.45) is 0 Å². The summed E-state index contributed by atoms with van der Waals surface area (Å²) in [5.74, 6) is 0. The van der Waals surface area contributed by atoms with E-state index in [4.69, 9.17) is 4.74 Å². The number of aromatic amines is 2. The van der Waals surface area contributed by atoms with Crippen LogP contribution in [0.5, 0.6) is 0 Å². The summed E-state index contributed by atoms with van der Waals surface area (Å²) in [5.41, 5.74) is -2.19. The zero-order chi connectivity index (χ0) is 22.2. The summed E-state index contributed by atoms with van der Waals surface area (Å²) in [7, 11) is -18.2. The van der Waals surface area contributed by atoms with Crippen molar-refractivity contribution in [3.63, 3.8) is 0 Å². The van der Waals surface area contributed by atoms with Crippen LogP contribution in [0.1, 0.15) is 11.7 Å². The van der Waals surface area contributed by atoms with Crippen molar-refractivity contribution in [2.45, 2.75) is 24.4 Å². The number of aromatic nitrogens is 2. The van der Waals surface area contributed by atoms with Crippen molar-refractivity contribution in [1.29, 1.82) is 0 Å². The number of rotatable bonds is 8. The fourth-order valence-corrected chi connectivity index (χ4v) is 5.09. The largest absolute Gasteiger partial charge is 0.790 e. The number of phosphoric acid groups is 3. The van der Waals surface area contributed by atoms with Crippen molar-refractivity contribution in [1.82, 2.24) is 9.97 Å². The van der Waals surface area contributed by atoms with Crippen LogP contribution in [0.4, 0.5) is 0 Å². The van der Waals surface area contributed by atoms with Gasteiger partial charge in [0.15, 0.2) is 0 Å². The van der Waals surface area contributed by atoms with Gasteiger partial charge in [-0.05, 0) is 0 Å². The Balaban J connectivity index is 2.06. The average Bonchev–Trinajstić information content (AvgIpc) is 2.78. The van der Waals surface area contributed by atoms with Gasteiger partial charge in [-0.15, -0.1) is 0 Å². The Morgan fingerprint density at radius 3 is 2.21 bits per heavy atom. The fraction of sp³-hybridized carbons (Fsp3) is 0.556. The quantitative estimate of drug-likeness (QED) is 0.253. The van der Waals surface area contributed by atoms with E-state index in [1.54, 1.807) is 0 Å². The smallest absolute Gasteiger partial charge is 0.325 e. The molecule has 17 nitrogen and oxygen atoms in total. The van der Waals surface area contributed by atoms with Crippen molar-refractivity contribution in [3.8, 4) is 0 Å². The number of aliphatic hydroxyl groups excluding tert-OH is 2. The number of hydrogen-bond acceptors (Lipinski definition) is 15. The number of hydrogen-bond donors (Lipinski definition) is 4. The van der Waals surface area contributed by atoms with Gasteiger partial charge in [0.2, 0.25) is 0 Å². The van der Waals surface area contributed by atoms with Crippen LogP contribution in [0.2, 0.25) is 0 Å². The number of H-pyrrole nitrogens is 2. The highest BCUT2D eigenvalue weighted by atomic mass is 31.3. The molecule has 4 unspecified atom stereocenters. The lowest BCUT2D eigenvalue weighted by molar-refractivity contribution is -0.339. The van der Waals surface area contributed by atoms with E-state index in [9.17, 15) is 53.1 Å². The van der Waals surface area contributed by atoms with Crippen LogP contribution < -0.4 is 30.8 Å². The molecule has 4 N–H and O–H groups in total. The molecule has 0 aliphatic carbocycles. The first kappa shape index (κ1) is 24.2. The highest BCUT2D eigenvalue weighted by Gasteiger charge is 2.45. The second-order valence-electron chi connectivity index (χ2n) is 5.40. The molecule has 1 aromatic heterocycles. The molecule has 1 aliphatic heterocycles. The number of nitrogens with one attached hydrogen (secondary N) is 2. The topological polar surface area (TPSA) is 287 Å². The number of aliphatic hydroxyl groups is 2. The Kier molecular flexibility index (Phi) is 7.20. The van der Waals surface area contributed by atoms with Crippen LogP contribution in [0.25, 0.3) is 0 Å². The summed E-state index contributed by atoms with van der Waals surface area (Å²) in [6.45, 7) is -1.16. The molecule has 1 aromatic rings. The van der Waals surface area contributed by atoms with Gasteiger partial charge in [-0.2, -0.15) is 0 Å². The zero-order valence-corrected chi connectivity index (χ0v) is 16.3. The van der Waals surface area contributed by atoms with Crippen LogP contribution in [0.15, 0.2) is 15.8 Å². The van der Waals surface area contributed by atoms with E-state index in [1.165, 1.54) is 0 Å². The Hall–Kier alpha value is -1.03. The molecule has 2 heterocycles. The van der Waals surface area contributed by atoms with Gasteiger partial charge in [0, 0.05) is 6.20 Å². The number of phosphoric ester groups is 1. The standard InChI is InChI=1S/C9H15N2O15P3/c12-5-4(2-23-28(19,20)26-29(21,22)25-27(16,17)18)24-7(6(5)13)3-1-10-9(15)11-8(3)14/h1,4-7,12-13H,2H2,(H,19,20)(H,21,22)(H2,16,17,18)(H2,10,11,14,15)/p-4/t4-,5?,6?,7+/m1/s1. The first-order valence-electron chi connectivity index (χ1n) is 7.15. The van der Waals surface area contributed by atoms with E-state index in [2.05, 4.69) is 18.1 Å². The molecule has 166 valence electrons. The molecule has 0 spiro atoms. The van der Waals surface area contributed by atoms with E-state index in [1.807, 2.05) is 4.98 Å². The maximum atomic E-state index is 11.7. The lowest BCUT2D eigenvalue weighted by Crippen LogP contribution is -2.34. The first-order chi connectivity index (χ1) is 13.1. The molecule has 0 amide bonds. The third-order valence-electron chi connectivity index (χ3n) is 3.31. The van der Waals surface area contributed by atoms with E-state index in [-0.39, 0.29) is 5.56 Å². The molecule has 6 atom stereocenters. The maximum Gasteiger partial charge on any atom is 0.325 e. The van der Waals surface area contributed by atoms with Crippen molar-refractivity contribution in [3.05, 3.63) is 32.6 Å². The minimum atomic E-state index is -6.17. The Morgan fingerprint density at radius 2 is 1.66 bits per heavy atom. The summed E-state index contributed by atoms with van der Waals surface area (Å²) >= 11 is 0. The van der Waals surface area contributed by atoms with Crippen molar-refractivity contribution >= 4 is 23.5 Å². The molecular weight excluding hydrogens is 469 g/mol. The van der Waals surface area contributed by atoms with E-state index < -0.39 is 65.7 Å². The Morgan fingerprint density at radius 1 is 1.03 bits per heavy atom. The van der Waals surface area contributed by atoms with Crippen LogP contribution in [0.3, 0.4) is 0 Å². The molecule has 0 bridgehead atoms. The van der Waals surface area contributed by atoms with Crippen molar-refractivity contribution in [2.75, 3.05) is 6.61 Å². The third-order valence-corrected chi connectivity index (χ3v) is 6.98. The van der Waals surface area contributed by atoms with Gasteiger partial charge in [-0.1, -0.05) is 0 Å². The molecule has 29 heavy (non-hydrogen) atoms. The SMILES string of the molecule is O=c1[nH]cc([C@@H]2O[C@H](COP(=O)([O-])OP(=O)([O-])OP(=O)([O-])[O-])C(O)C2O)c(=O)[nH]1. The van der Waals surface area contributed by atoms with Gasteiger partial charge in [-0.3, -0.25) is 23.2 Å². The molecule has 20 heteroatoms. The minimum absolute atomic E-state index is 0.334. The van der Waals surface area contributed by atoms with Crippen LogP contribution in [-0.4, -0.2) is 45.1 Å². The summed E-state index contributed by atoms with van der Waals surface area (Å²) in [4.78, 5) is 69.6. The second-order valence-corrected chi connectivity index (χ2v) is 9.65. The van der Waals surface area contributed by atoms with E-state index in [0.29, 0.717) is 0 Å². The molecule has 1 aliphatic rings. The molecule has 1 saturated heterocycles. The minimum Gasteiger partial charge on any atom is -0.790 e. The molecule has 0 radical (unpaired) electrons. The van der Waals surface area contributed by atoms with Gasteiger partial charge in [0.1, 0.15) is 24.4 Å². The van der Waals surface area contributed by atoms with Gasteiger partial charge in [-0.25, -0.2) is 9.11 Å². The third kappa shape index (κ3) is 6.73. The lowest BCUT2D eigenvalue weighted by atomic mass is 10.0. The predicted octanol–water partition coefficient (Wildman–Crippen LogP) is -4.96. The van der Waals surface area contributed by atoms with Crippen LogP contribution in [0, 0.1) is 0 Å². The monoisotopic (exact) mass is 480 g/mol. The average molecular weight is 480 g/mol. The predicted molar refractivity (Wildman–Crippen MR) is 78.3 cm³/mol. The van der Waals surface area contributed by atoms with Gasteiger partial charge >= 0.3 is 5.69 Å². The lowest BCUT2D eigenvalue weighted by Gasteiger charge is -2.37. The maximum absolute atomic E-state index is 11.7. The zero-order valence-electron chi connectivity index (χ0n) is 13.6. The molecule has 0 aromatic carbocycles. The number of ether oxygens (including phenoxy) is 1. The Bertz CT molecular complexity index is 997. The van der Waals surface area contributed by atoms with Gasteiger partial charge < -0.3 is 48.6 Å². The summed E-state index contributed by atoms with van der Waals surface area (Å²) in [6, 6.07) is 0. The molecule has 1 fully saturated rings. The Labute approximate surface area is 159 Å². The molecule has 0 saturated carbocycles. The summed E-state index contributed by atoms with van der Waals surface area (Å²) in [5, 5.41) is 19.8.